The van der Waals surface area contributed by atoms with Crippen LogP contribution in [0.2, 0.25) is 0 Å². The van der Waals surface area contributed by atoms with Gasteiger partial charge in [0.05, 0.1) is 17.4 Å². The molecule has 0 radical (unpaired) electrons. The van der Waals surface area contributed by atoms with Gasteiger partial charge < -0.3 is 25.5 Å². The minimum absolute atomic E-state index is 0.0103. The first-order valence-corrected chi connectivity index (χ1v) is 15.6. The normalized spacial score (nSPS) is 13.9. The number of carbonyl (C=O) groups excluding carboxylic acids is 2. The Morgan fingerprint density at radius 2 is 1.83 bits per heavy atom. The van der Waals surface area contributed by atoms with E-state index < -0.39 is 16.0 Å². The summed E-state index contributed by atoms with van der Waals surface area (Å²) in [5, 5.41) is 6.20. The summed E-state index contributed by atoms with van der Waals surface area (Å²) in [7, 11) is -3.96. The highest BCUT2D eigenvalue weighted by atomic mass is 32.2. The lowest BCUT2D eigenvalue weighted by Crippen LogP contribution is -2.33. The molecule has 0 saturated heterocycles. The van der Waals surface area contributed by atoms with E-state index in [9.17, 15) is 18.0 Å². The van der Waals surface area contributed by atoms with E-state index in [2.05, 4.69) is 20.6 Å². The minimum atomic E-state index is -3.96. The third-order valence-electron chi connectivity index (χ3n) is 7.43. The van der Waals surface area contributed by atoms with Crippen molar-refractivity contribution >= 4 is 39.4 Å². The van der Waals surface area contributed by atoms with Gasteiger partial charge in [-0.25, -0.2) is 4.98 Å². The van der Waals surface area contributed by atoms with Crippen LogP contribution in [-0.4, -0.2) is 53.4 Å². The largest absolute Gasteiger partial charge is 0.382 e. The van der Waals surface area contributed by atoms with Gasteiger partial charge in [0, 0.05) is 36.6 Å². The predicted molar refractivity (Wildman–Crippen MR) is 162 cm³/mol. The quantitative estimate of drug-likeness (QED) is 0.256. The molecular weight excluding hydrogens is 556 g/mol. The first-order valence-electron chi connectivity index (χ1n) is 13.8. The zero-order chi connectivity index (χ0) is 30.8. The lowest BCUT2D eigenvalue weighted by molar-refractivity contribution is 0.0727. The second kappa shape index (κ2) is 12.4. The summed E-state index contributed by atoms with van der Waals surface area (Å²) in [6, 6.07) is 10.6. The Morgan fingerprint density at radius 1 is 1.12 bits per heavy atom. The molecule has 0 spiro atoms. The maximum Gasteiger partial charge on any atom is 0.306 e. The maximum absolute atomic E-state index is 13.9. The summed E-state index contributed by atoms with van der Waals surface area (Å²) in [5.74, 6) is -0.445. The number of anilines is 3. The number of primary amides is 1. The highest BCUT2D eigenvalue weighted by Crippen LogP contribution is 2.34. The number of rotatable bonds is 12. The number of amides is 2. The van der Waals surface area contributed by atoms with Crippen LogP contribution in [0.1, 0.15) is 71.0 Å². The van der Waals surface area contributed by atoms with Crippen LogP contribution in [0, 0.1) is 19.8 Å². The second-order valence-corrected chi connectivity index (χ2v) is 12.7. The maximum atomic E-state index is 13.9. The van der Waals surface area contributed by atoms with Gasteiger partial charge >= 0.3 is 10.1 Å². The van der Waals surface area contributed by atoms with E-state index in [0.717, 1.165) is 35.8 Å². The van der Waals surface area contributed by atoms with Gasteiger partial charge in [-0.15, -0.1) is 0 Å². The summed E-state index contributed by atoms with van der Waals surface area (Å²) in [6.07, 6.45) is 4.00. The molecule has 1 saturated carbocycles. The molecule has 0 aliphatic heterocycles. The summed E-state index contributed by atoms with van der Waals surface area (Å²) >= 11 is 0. The lowest BCUT2D eigenvalue weighted by Gasteiger charge is -2.25. The standard InChI is InChI=1S/C30H38N6O5S/c1-17(2)20(5)33-28-25(27(31)37)15-32-30(35-28)34-22-10-13-24(26(14-22)41-42(6,39)40)29(38)36(23-11-12-23)16-21-9-7-8-18(3)19(21)4/h7-10,13-15,17,20,23H,11-12,16H2,1-6H3,(H2,31,37)(H2,32,33,34,35)/t20-/m1/s1. The van der Waals surface area contributed by atoms with E-state index in [1.165, 1.54) is 18.3 Å². The molecule has 4 rings (SSSR count). The monoisotopic (exact) mass is 594 g/mol. The predicted octanol–water partition coefficient (Wildman–Crippen LogP) is 4.54. The summed E-state index contributed by atoms with van der Waals surface area (Å²) < 4.78 is 29.7. The van der Waals surface area contributed by atoms with Crippen LogP contribution in [0.15, 0.2) is 42.6 Å². The smallest absolute Gasteiger partial charge is 0.306 e. The molecular formula is C30H38N6O5S. The van der Waals surface area contributed by atoms with Gasteiger partial charge in [-0.3, -0.25) is 9.59 Å². The Hall–Kier alpha value is -4.19. The van der Waals surface area contributed by atoms with Crippen molar-refractivity contribution in [1.29, 1.82) is 0 Å². The zero-order valence-electron chi connectivity index (χ0n) is 24.8. The molecule has 1 aromatic heterocycles. The van der Waals surface area contributed by atoms with Crippen LogP contribution in [0.25, 0.3) is 0 Å². The molecule has 4 N–H and O–H groups in total. The van der Waals surface area contributed by atoms with E-state index in [-0.39, 0.29) is 52.6 Å². The van der Waals surface area contributed by atoms with Crippen molar-refractivity contribution in [2.75, 3.05) is 16.9 Å². The molecule has 1 aliphatic rings. The van der Waals surface area contributed by atoms with E-state index in [1.807, 2.05) is 52.8 Å². The van der Waals surface area contributed by atoms with Crippen LogP contribution in [0.4, 0.5) is 17.5 Å². The van der Waals surface area contributed by atoms with Crippen LogP contribution < -0.4 is 20.6 Å². The number of nitrogens with two attached hydrogens (primary N) is 1. The zero-order valence-corrected chi connectivity index (χ0v) is 25.6. The Bertz CT molecular complexity index is 1600. The van der Waals surface area contributed by atoms with Gasteiger partial charge in [-0.1, -0.05) is 32.0 Å². The van der Waals surface area contributed by atoms with Crippen LogP contribution in [0.3, 0.4) is 0 Å². The van der Waals surface area contributed by atoms with Gasteiger partial charge in [0.25, 0.3) is 11.8 Å². The number of benzene rings is 2. The van der Waals surface area contributed by atoms with Crippen molar-refractivity contribution in [2.24, 2.45) is 11.7 Å². The molecule has 1 atom stereocenters. The number of aryl methyl sites for hydroxylation is 1. The molecule has 1 aliphatic carbocycles. The first kappa shape index (κ1) is 30.8. The summed E-state index contributed by atoms with van der Waals surface area (Å²) in [6.45, 7) is 10.5. The molecule has 0 bridgehead atoms. The van der Waals surface area contributed by atoms with Gasteiger partial charge in [-0.05, 0) is 68.4 Å². The second-order valence-electron chi connectivity index (χ2n) is 11.1. The summed E-state index contributed by atoms with van der Waals surface area (Å²) in [5.41, 5.74) is 9.45. The highest BCUT2D eigenvalue weighted by Gasteiger charge is 2.35. The number of hydrogen-bond donors (Lipinski definition) is 3. The molecule has 224 valence electrons. The Morgan fingerprint density at radius 3 is 2.45 bits per heavy atom. The molecule has 1 heterocycles. The third kappa shape index (κ3) is 7.55. The van der Waals surface area contributed by atoms with E-state index in [1.54, 1.807) is 11.0 Å². The topological polar surface area (TPSA) is 157 Å². The van der Waals surface area contributed by atoms with Crippen LogP contribution in [-0.2, 0) is 16.7 Å². The average Bonchev–Trinajstić information content (AvgIpc) is 3.74. The van der Waals surface area contributed by atoms with Crippen molar-refractivity contribution in [1.82, 2.24) is 14.9 Å². The van der Waals surface area contributed by atoms with E-state index in [4.69, 9.17) is 9.92 Å². The molecule has 11 nitrogen and oxygen atoms in total. The summed E-state index contributed by atoms with van der Waals surface area (Å²) in [4.78, 5) is 36.2. The molecule has 3 aromatic rings. The first-order chi connectivity index (χ1) is 19.7. The molecule has 2 aromatic carbocycles. The minimum Gasteiger partial charge on any atom is -0.382 e. The van der Waals surface area contributed by atoms with Crippen molar-refractivity contribution < 1.29 is 22.2 Å². The average molecular weight is 595 g/mol. The van der Waals surface area contributed by atoms with Gasteiger partial charge in [0.2, 0.25) is 5.95 Å². The van der Waals surface area contributed by atoms with E-state index in [0.29, 0.717) is 12.2 Å². The van der Waals surface area contributed by atoms with Crippen LogP contribution in [0.5, 0.6) is 5.75 Å². The number of carbonyl (C=O) groups is 2. The third-order valence-corrected chi connectivity index (χ3v) is 7.92. The van der Waals surface area contributed by atoms with E-state index >= 15 is 0 Å². The van der Waals surface area contributed by atoms with Crippen molar-refractivity contribution in [2.45, 2.75) is 66.1 Å². The Balaban J connectivity index is 1.66. The number of hydrogen-bond acceptors (Lipinski definition) is 9. The molecule has 2 amide bonds. The number of nitrogens with one attached hydrogen (secondary N) is 2. The Labute approximate surface area is 247 Å². The van der Waals surface area contributed by atoms with Crippen molar-refractivity contribution in [3.63, 3.8) is 0 Å². The fourth-order valence-corrected chi connectivity index (χ4v) is 4.79. The molecule has 12 heteroatoms. The van der Waals surface area contributed by atoms with Gasteiger partial charge in [0.1, 0.15) is 5.82 Å². The number of nitrogens with zero attached hydrogens (tertiary/aromatic N) is 3. The molecule has 42 heavy (non-hydrogen) atoms. The Kier molecular flexibility index (Phi) is 9.05. The van der Waals surface area contributed by atoms with Crippen LogP contribution >= 0.6 is 0 Å². The van der Waals surface area contributed by atoms with Crippen molar-refractivity contribution in [3.8, 4) is 5.75 Å². The molecule has 1 fully saturated rings. The fourth-order valence-electron chi connectivity index (χ4n) is 4.33. The number of aromatic nitrogens is 2. The molecule has 0 unspecified atom stereocenters. The highest BCUT2D eigenvalue weighted by molar-refractivity contribution is 7.86. The fraction of sp³-hybridized carbons (Fsp3) is 0.400. The lowest BCUT2D eigenvalue weighted by atomic mass is 10.0. The van der Waals surface area contributed by atoms with Gasteiger partial charge in [0.15, 0.2) is 5.75 Å². The SMILES string of the molecule is Cc1cccc(CN(C(=O)c2ccc(Nc3ncc(C(N)=O)c(N[C@H](C)C(C)C)n3)cc2OS(C)(=O)=O)C2CC2)c1C. The van der Waals surface area contributed by atoms with Crippen molar-refractivity contribution in [3.05, 3.63) is 70.4 Å². The van der Waals surface area contributed by atoms with Gasteiger partial charge in [-0.2, -0.15) is 13.4 Å².